The second kappa shape index (κ2) is 5.25. The van der Waals surface area contributed by atoms with Crippen LogP contribution >= 0.6 is 15.9 Å². The summed E-state index contributed by atoms with van der Waals surface area (Å²) in [6.07, 6.45) is 0.734. The normalized spacial score (nSPS) is 27.4. The predicted octanol–water partition coefficient (Wildman–Crippen LogP) is 1.95. The van der Waals surface area contributed by atoms with Gasteiger partial charge < -0.3 is 19.9 Å². The van der Waals surface area contributed by atoms with Crippen LogP contribution in [0.4, 0.5) is 0 Å². The zero-order valence-electron chi connectivity index (χ0n) is 9.85. The largest absolute Gasteiger partial charge is 0.493 e. The molecule has 1 aliphatic carbocycles. The van der Waals surface area contributed by atoms with Crippen LogP contribution in [0.2, 0.25) is 0 Å². The number of halogens is 1. The fourth-order valence-electron chi connectivity index (χ4n) is 1.97. The summed E-state index contributed by atoms with van der Waals surface area (Å²) >= 11 is 3.45. The van der Waals surface area contributed by atoms with E-state index in [2.05, 4.69) is 15.9 Å². The van der Waals surface area contributed by atoms with Gasteiger partial charge in [-0.25, -0.2) is 0 Å². The van der Waals surface area contributed by atoms with Crippen LogP contribution in [-0.4, -0.2) is 32.5 Å². The lowest BCUT2D eigenvalue weighted by Gasteiger charge is -2.41. The van der Waals surface area contributed by atoms with E-state index in [0.717, 1.165) is 10.9 Å². The quantitative estimate of drug-likeness (QED) is 0.923. The first kappa shape index (κ1) is 12.7. The molecule has 2 N–H and O–H groups in total. The van der Waals surface area contributed by atoms with Gasteiger partial charge in [-0.15, -0.1) is 0 Å². The van der Waals surface area contributed by atoms with E-state index in [0.29, 0.717) is 11.5 Å². The highest BCUT2D eigenvalue weighted by molar-refractivity contribution is 9.10. The summed E-state index contributed by atoms with van der Waals surface area (Å²) in [6, 6.07) is 5.73. The van der Waals surface area contributed by atoms with Crippen LogP contribution < -0.4 is 15.2 Å². The van der Waals surface area contributed by atoms with Crippen LogP contribution in [-0.2, 0) is 4.74 Å². The fraction of sp³-hybridized carbons (Fsp3) is 0.500. The number of methoxy groups -OCH3 is 2. The lowest BCUT2D eigenvalue weighted by atomic mass is 9.86. The molecule has 0 amide bonds. The molecule has 0 bridgehead atoms. The van der Waals surface area contributed by atoms with Gasteiger partial charge in [-0.05, 0) is 28.1 Å². The van der Waals surface area contributed by atoms with Crippen molar-refractivity contribution in [3.8, 4) is 11.5 Å². The summed E-state index contributed by atoms with van der Waals surface area (Å²) in [7, 11) is 3.27. The van der Waals surface area contributed by atoms with E-state index in [9.17, 15) is 0 Å². The Kier molecular flexibility index (Phi) is 3.91. The van der Waals surface area contributed by atoms with Gasteiger partial charge in [0.25, 0.3) is 0 Å². The minimum absolute atomic E-state index is 0.0115. The van der Waals surface area contributed by atoms with Crippen molar-refractivity contribution < 1.29 is 14.2 Å². The van der Waals surface area contributed by atoms with Gasteiger partial charge in [0.1, 0.15) is 12.2 Å². The van der Waals surface area contributed by atoms with Gasteiger partial charge in [0.05, 0.1) is 11.6 Å². The van der Waals surface area contributed by atoms with Crippen LogP contribution in [0.25, 0.3) is 0 Å². The van der Waals surface area contributed by atoms with E-state index in [1.54, 1.807) is 14.2 Å². The third-order valence-corrected chi connectivity index (χ3v) is 3.61. The monoisotopic (exact) mass is 301 g/mol. The van der Waals surface area contributed by atoms with Gasteiger partial charge in [0.2, 0.25) is 0 Å². The third-order valence-electron chi connectivity index (χ3n) is 2.99. The van der Waals surface area contributed by atoms with E-state index in [1.165, 1.54) is 0 Å². The molecular formula is C12H16BrNO3. The highest BCUT2D eigenvalue weighted by Crippen LogP contribution is 2.38. The van der Waals surface area contributed by atoms with Crippen LogP contribution in [0, 0.1) is 0 Å². The minimum atomic E-state index is -0.0492. The van der Waals surface area contributed by atoms with Crippen molar-refractivity contribution >= 4 is 15.9 Å². The molecule has 5 heteroatoms. The number of hydrogen-bond acceptors (Lipinski definition) is 4. The highest BCUT2D eigenvalue weighted by atomic mass is 79.9. The van der Waals surface area contributed by atoms with E-state index in [4.69, 9.17) is 19.9 Å². The molecule has 17 heavy (non-hydrogen) atoms. The predicted molar refractivity (Wildman–Crippen MR) is 68.5 cm³/mol. The Morgan fingerprint density at radius 2 is 2.12 bits per heavy atom. The van der Waals surface area contributed by atoms with Crippen LogP contribution in [0.5, 0.6) is 11.5 Å². The molecule has 0 heterocycles. The van der Waals surface area contributed by atoms with Gasteiger partial charge in [-0.2, -0.15) is 0 Å². The molecule has 1 fully saturated rings. The molecule has 3 unspecified atom stereocenters. The first-order valence-corrected chi connectivity index (χ1v) is 6.24. The summed E-state index contributed by atoms with van der Waals surface area (Å²) in [6.45, 7) is 0. The number of ether oxygens (including phenoxy) is 3. The maximum Gasteiger partial charge on any atom is 0.175 e. The molecule has 0 saturated heterocycles. The van der Waals surface area contributed by atoms with Gasteiger partial charge in [0, 0.05) is 19.6 Å². The Morgan fingerprint density at radius 3 is 2.71 bits per heavy atom. The minimum Gasteiger partial charge on any atom is -0.493 e. The highest BCUT2D eigenvalue weighted by Gasteiger charge is 2.41. The van der Waals surface area contributed by atoms with Crippen molar-refractivity contribution in [2.45, 2.75) is 24.7 Å². The maximum atomic E-state index is 5.90. The summed E-state index contributed by atoms with van der Waals surface area (Å²) < 4.78 is 17.3. The molecule has 94 valence electrons. The molecule has 4 nitrogen and oxygen atoms in total. The Bertz CT molecular complexity index is 399. The molecule has 0 radical (unpaired) electrons. The van der Waals surface area contributed by atoms with Gasteiger partial charge in [-0.1, -0.05) is 6.07 Å². The average Bonchev–Trinajstić information content (AvgIpc) is 2.30. The topological polar surface area (TPSA) is 53.7 Å². The summed E-state index contributed by atoms with van der Waals surface area (Å²) in [5.74, 6) is 1.41. The molecule has 1 aromatic carbocycles. The number of rotatable bonds is 4. The zero-order valence-corrected chi connectivity index (χ0v) is 11.4. The van der Waals surface area contributed by atoms with Crippen LogP contribution in [0.15, 0.2) is 22.7 Å². The smallest absolute Gasteiger partial charge is 0.175 e. The van der Waals surface area contributed by atoms with Crippen molar-refractivity contribution in [3.05, 3.63) is 22.7 Å². The van der Waals surface area contributed by atoms with Crippen molar-refractivity contribution in [2.75, 3.05) is 14.2 Å². The van der Waals surface area contributed by atoms with Gasteiger partial charge >= 0.3 is 0 Å². The first-order valence-electron chi connectivity index (χ1n) is 5.45. The second-order valence-electron chi connectivity index (χ2n) is 4.03. The molecule has 1 saturated carbocycles. The van der Waals surface area contributed by atoms with Gasteiger partial charge in [0.15, 0.2) is 11.5 Å². The number of nitrogens with two attached hydrogens (primary N) is 1. The van der Waals surface area contributed by atoms with Crippen molar-refractivity contribution in [1.82, 2.24) is 0 Å². The zero-order chi connectivity index (χ0) is 12.4. The van der Waals surface area contributed by atoms with E-state index in [-0.39, 0.29) is 18.2 Å². The fourth-order valence-corrected chi connectivity index (χ4v) is 2.42. The number of hydrogen-bond donors (Lipinski definition) is 1. The summed E-state index contributed by atoms with van der Waals surface area (Å²) in [4.78, 5) is 0. The van der Waals surface area contributed by atoms with Crippen LogP contribution in [0.1, 0.15) is 6.42 Å². The second-order valence-corrected chi connectivity index (χ2v) is 4.88. The lowest BCUT2D eigenvalue weighted by Crippen LogP contribution is -2.59. The molecule has 0 spiro atoms. The molecule has 1 aromatic rings. The Balaban J connectivity index is 2.14. The van der Waals surface area contributed by atoms with Crippen LogP contribution in [0.3, 0.4) is 0 Å². The van der Waals surface area contributed by atoms with Crippen molar-refractivity contribution in [2.24, 2.45) is 5.73 Å². The summed E-state index contributed by atoms with van der Waals surface area (Å²) in [5.41, 5.74) is 5.84. The Hall–Kier alpha value is -0.780. The molecule has 0 aromatic heterocycles. The Morgan fingerprint density at radius 1 is 1.35 bits per heavy atom. The first-order chi connectivity index (χ1) is 8.17. The molecule has 2 rings (SSSR count). The molecule has 1 aliphatic rings. The molecule has 3 atom stereocenters. The third kappa shape index (κ3) is 2.41. The van der Waals surface area contributed by atoms with E-state index in [1.807, 2.05) is 18.2 Å². The Labute approximate surface area is 109 Å². The molecular weight excluding hydrogens is 286 g/mol. The van der Waals surface area contributed by atoms with Crippen molar-refractivity contribution in [3.63, 3.8) is 0 Å². The summed E-state index contributed by atoms with van der Waals surface area (Å²) in [5, 5.41) is 0. The van der Waals surface area contributed by atoms with E-state index >= 15 is 0 Å². The number of benzene rings is 1. The van der Waals surface area contributed by atoms with Crippen molar-refractivity contribution in [1.29, 1.82) is 0 Å². The number of para-hydroxylation sites is 1. The SMILES string of the molecule is COc1cccc(Br)c1OC1CC(N)C1OC. The van der Waals surface area contributed by atoms with Gasteiger partial charge in [-0.3, -0.25) is 0 Å². The average molecular weight is 302 g/mol. The van der Waals surface area contributed by atoms with E-state index < -0.39 is 0 Å². The lowest BCUT2D eigenvalue weighted by molar-refractivity contribution is -0.0791. The standard InChI is InChI=1S/C12H16BrNO3/c1-15-9-5-3-4-7(13)11(9)17-10-6-8(14)12(10)16-2/h3-5,8,10,12H,6,14H2,1-2H3. The maximum absolute atomic E-state index is 5.90. The molecule has 0 aliphatic heterocycles.